The lowest BCUT2D eigenvalue weighted by molar-refractivity contribution is 0.0980. The van der Waals surface area contributed by atoms with Crippen LogP contribution in [0.2, 0.25) is 0 Å². The predicted octanol–water partition coefficient (Wildman–Crippen LogP) is 1.62. The van der Waals surface area contributed by atoms with Gasteiger partial charge in [0.1, 0.15) is 0 Å². The second-order valence-electron chi connectivity index (χ2n) is 2.28. The average molecular weight is 137 g/mol. The molecule has 0 spiro atoms. The fraction of sp³-hybridized carbons (Fsp3) is 0.375. The number of aromatic nitrogens is 1. The van der Waals surface area contributed by atoms with Crippen LogP contribution in [0.25, 0.3) is 0 Å². The van der Waals surface area contributed by atoms with Crippen LogP contribution >= 0.6 is 0 Å². The number of Topliss-reactive ketones (excluding diaryl/α,β-unsaturated/α-hetero) is 1. The Hall–Kier alpha value is -1.05. The van der Waals surface area contributed by atoms with Crippen molar-refractivity contribution in [1.29, 1.82) is 0 Å². The first-order chi connectivity index (χ1) is 4.75. The van der Waals surface area contributed by atoms with Crippen molar-refractivity contribution in [3.63, 3.8) is 0 Å². The highest BCUT2D eigenvalue weighted by atomic mass is 16.1. The monoisotopic (exact) mass is 137 g/mol. The third-order valence-electron chi connectivity index (χ3n) is 1.55. The maximum atomic E-state index is 11.1. The van der Waals surface area contributed by atoms with Crippen LogP contribution in [0.1, 0.15) is 23.8 Å². The molecule has 1 rings (SSSR count). The Morgan fingerprint density at radius 1 is 1.70 bits per heavy atom. The number of nitrogens with zero attached hydrogens (tertiary/aromatic N) is 1. The van der Waals surface area contributed by atoms with Gasteiger partial charge in [-0.1, -0.05) is 6.92 Å². The molecule has 0 N–H and O–H groups in total. The van der Waals surface area contributed by atoms with E-state index in [-0.39, 0.29) is 5.78 Å². The second kappa shape index (κ2) is 2.69. The molecule has 0 aliphatic rings. The number of ketones is 1. The lowest BCUT2D eigenvalue weighted by Gasteiger charge is -1.97. The maximum absolute atomic E-state index is 11.1. The first-order valence-corrected chi connectivity index (χ1v) is 3.40. The average Bonchev–Trinajstić information content (AvgIpc) is 2.34. The van der Waals surface area contributed by atoms with Crippen LogP contribution in [0.4, 0.5) is 0 Å². The molecule has 0 atom stereocenters. The van der Waals surface area contributed by atoms with Crippen molar-refractivity contribution >= 4 is 5.78 Å². The smallest absolute Gasteiger partial charge is 0.178 e. The van der Waals surface area contributed by atoms with Gasteiger partial charge in [-0.2, -0.15) is 0 Å². The number of hydrogen-bond donors (Lipinski definition) is 0. The molecule has 1 aromatic heterocycles. The molecular weight excluding hydrogens is 126 g/mol. The van der Waals surface area contributed by atoms with Crippen LogP contribution in [0, 0.1) is 0 Å². The van der Waals surface area contributed by atoms with Gasteiger partial charge in [0.05, 0.1) is 5.69 Å². The second-order valence-corrected chi connectivity index (χ2v) is 2.28. The molecule has 0 aromatic carbocycles. The maximum Gasteiger partial charge on any atom is 0.178 e. The van der Waals surface area contributed by atoms with Crippen molar-refractivity contribution in [2.75, 3.05) is 0 Å². The zero-order valence-electron chi connectivity index (χ0n) is 6.29. The van der Waals surface area contributed by atoms with E-state index in [0.29, 0.717) is 6.42 Å². The molecule has 1 heterocycles. The largest absolute Gasteiger partial charge is 0.348 e. The molecule has 0 saturated heterocycles. The number of carbonyl (C=O) groups excluding carboxylic acids is 1. The van der Waals surface area contributed by atoms with Crippen molar-refractivity contribution in [1.82, 2.24) is 4.57 Å². The molecule has 0 aliphatic heterocycles. The highest BCUT2D eigenvalue weighted by Gasteiger charge is 2.04. The number of rotatable bonds is 2. The van der Waals surface area contributed by atoms with Crippen LogP contribution in [0.5, 0.6) is 0 Å². The van der Waals surface area contributed by atoms with E-state index in [9.17, 15) is 4.79 Å². The molecule has 0 amide bonds. The summed E-state index contributed by atoms with van der Waals surface area (Å²) in [6.45, 7) is 1.87. The van der Waals surface area contributed by atoms with Crippen molar-refractivity contribution in [2.45, 2.75) is 13.3 Å². The normalized spacial score (nSPS) is 9.80. The Labute approximate surface area is 60.5 Å². The summed E-state index contributed by atoms with van der Waals surface area (Å²) in [5.74, 6) is 0.201. The fourth-order valence-corrected chi connectivity index (χ4v) is 0.932. The van der Waals surface area contributed by atoms with Gasteiger partial charge in [0.2, 0.25) is 0 Å². The van der Waals surface area contributed by atoms with E-state index < -0.39 is 0 Å². The molecule has 2 heteroatoms. The van der Waals surface area contributed by atoms with Gasteiger partial charge >= 0.3 is 0 Å². The van der Waals surface area contributed by atoms with Gasteiger partial charge in [0, 0.05) is 19.7 Å². The number of hydrogen-bond acceptors (Lipinski definition) is 1. The van der Waals surface area contributed by atoms with Crippen LogP contribution in [0.3, 0.4) is 0 Å². The van der Waals surface area contributed by atoms with Gasteiger partial charge in [-0.3, -0.25) is 4.79 Å². The van der Waals surface area contributed by atoms with Crippen LogP contribution in [0.15, 0.2) is 18.3 Å². The Bertz CT molecular complexity index is 237. The first kappa shape index (κ1) is 7.06. The minimum absolute atomic E-state index is 0.201. The lowest BCUT2D eigenvalue weighted by Crippen LogP contribution is -2.02. The Morgan fingerprint density at radius 3 is 2.80 bits per heavy atom. The summed E-state index contributed by atoms with van der Waals surface area (Å²) in [4.78, 5) is 11.1. The Kier molecular flexibility index (Phi) is 1.90. The van der Waals surface area contributed by atoms with E-state index in [0.717, 1.165) is 5.69 Å². The molecule has 0 unspecified atom stereocenters. The lowest BCUT2D eigenvalue weighted by atomic mass is 10.2. The van der Waals surface area contributed by atoms with Crippen LogP contribution in [-0.4, -0.2) is 10.4 Å². The van der Waals surface area contributed by atoms with E-state index in [2.05, 4.69) is 0 Å². The molecular formula is C8H11NO. The van der Waals surface area contributed by atoms with E-state index in [1.807, 2.05) is 36.9 Å². The fourth-order valence-electron chi connectivity index (χ4n) is 0.932. The minimum atomic E-state index is 0.201. The summed E-state index contributed by atoms with van der Waals surface area (Å²) in [5.41, 5.74) is 0.794. The summed E-state index contributed by atoms with van der Waals surface area (Å²) in [6, 6.07) is 3.72. The predicted molar refractivity (Wildman–Crippen MR) is 40.0 cm³/mol. The molecule has 1 aromatic rings. The van der Waals surface area contributed by atoms with Gasteiger partial charge in [-0.25, -0.2) is 0 Å². The molecule has 0 aliphatic carbocycles. The van der Waals surface area contributed by atoms with Gasteiger partial charge in [0.15, 0.2) is 5.78 Å². The molecule has 54 valence electrons. The summed E-state index contributed by atoms with van der Waals surface area (Å²) in [7, 11) is 1.88. The molecule has 10 heavy (non-hydrogen) atoms. The van der Waals surface area contributed by atoms with E-state index >= 15 is 0 Å². The van der Waals surface area contributed by atoms with E-state index in [1.165, 1.54) is 0 Å². The Balaban J connectivity index is 2.93. The molecule has 0 saturated carbocycles. The first-order valence-electron chi connectivity index (χ1n) is 3.40. The van der Waals surface area contributed by atoms with Crippen molar-refractivity contribution in [2.24, 2.45) is 7.05 Å². The molecule has 0 fully saturated rings. The summed E-state index contributed by atoms with van der Waals surface area (Å²) in [5, 5.41) is 0. The zero-order chi connectivity index (χ0) is 7.56. The summed E-state index contributed by atoms with van der Waals surface area (Å²) in [6.07, 6.45) is 2.46. The van der Waals surface area contributed by atoms with Crippen molar-refractivity contribution < 1.29 is 4.79 Å². The van der Waals surface area contributed by atoms with E-state index in [4.69, 9.17) is 0 Å². The van der Waals surface area contributed by atoms with Crippen LogP contribution < -0.4 is 0 Å². The number of aryl methyl sites for hydroxylation is 1. The highest BCUT2D eigenvalue weighted by Crippen LogP contribution is 2.02. The SMILES string of the molecule is CCC(=O)c1cccn1C. The van der Waals surface area contributed by atoms with E-state index in [1.54, 1.807) is 0 Å². The standard InChI is InChI=1S/C8H11NO/c1-3-8(10)7-5-4-6-9(7)2/h4-6H,3H2,1-2H3. The van der Waals surface area contributed by atoms with Crippen molar-refractivity contribution in [3.8, 4) is 0 Å². The van der Waals surface area contributed by atoms with Gasteiger partial charge in [-0.15, -0.1) is 0 Å². The minimum Gasteiger partial charge on any atom is -0.348 e. The molecule has 0 radical (unpaired) electrons. The Morgan fingerprint density at radius 2 is 2.40 bits per heavy atom. The van der Waals surface area contributed by atoms with Gasteiger partial charge in [0.25, 0.3) is 0 Å². The molecule has 0 bridgehead atoms. The third kappa shape index (κ3) is 1.10. The van der Waals surface area contributed by atoms with Gasteiger partial charge in [-0.05, 0) is 12.1 Å². The van der Waals surface area contributed by atoms with Gasteiger partial charge < -0.3 is 4.57 Å². The van der Waals surface area contributed by atoms with Crippen LogP contribution in [-0.2, 0) is 7.05 Å². The summed E-state index contributed by atoms with van der Waals surface area (Å²) < 4.78 is 1.84. The zero-order valence-corrected chi connectivity index (χ0v) is 6.29. The van der Waals surface area contributed by atoms with Crippen molar-refractivity contribution in [3.05, 3.63) is 24.0 Å². The number of carbonyl (C=O) groups is 1. The quantitative estimate of drug-likeness (QED) is 0.568. The topological polar surface area (TPSA) is 22.0 Å². The summed E-state index contributed by atoms with van der Waals surface area (Å²) >= 11 is 0. The highest BCUT2D eigenvalue weighted by molar-refractivity contribution is 5.94. The third-order valence-corrected chi connectivity index (χ3v) is 1.55. The molecule has 2 nitrogen and oxygen atoms in total.